The normalized spacial score (nSPS) is 12.4. The van der Waals surface area contributed by atoms with Crippen molar-refractivity contribution in [3.63, 3.8) is 0 Å². The lowest BCUT2D eigenvalue weighted by atomic mass is 10.2. The number of carbonyl (C=O) groups excluding carboxylic acids is 1. The highest BCUT2D eigenvalue weighted by Crippen LogP contribution is 2.32. The molecule has 0 spiro atoms. The maximum absolute atomic E-state index is 12.9. The Morgan fingerprint density at radius 3 is 2.57 bits per heavy atom. The summed E-state index contributed by atoms with van der Waals surface area (Å²) >= 11 is 6.17. The van der Waals surface area contributed by atoms with Gasteiger partial charge in [-0.05, 0) is 43.7 Å². The van der Waals surface area contributed by atoms with Gasteiger partial charge in [-0.25, -0.2) is 14.8 Å². The molecule has 0 fully saturated rings. The fourth-order valence-corrected chi connectivity index (χ4v) is 3.25. The fraction of sp³-hybridized carbons (Fsp3) is 0.190. The van der Waals surface area contributed by atoms with Crippen molar-refractivity contribution in [2.24, 2.45) is 0 Å². The van der Waals surface area contributed by atoms with Crippen LogP contribution in [0.2, 0.25) is 5.02 Å². The number of fused-ring (bicyclic) bond motifs is 2. The second kappa shape index (κ2) is 7.13. The Hall–Kier alpha value is -3.12. The summed E-state index contributed by atoms with van der Waals surface area (Å²) in [5, 5.41) is 0.552. The second-order valence-electron chi connectivity index (χ2n) is 6.58. The SMILES string of the molecule is CCC(C)OC(=O)c1c(N)n(-c2cccc(Cl)c2)c2nc3ccccc3nc12. The van der Waals surface area contributed by atoms with Crippen LogP contribution in [0.25, 0.3) is 27.9 Å². The van der Waals surface area contributed by atoms with Gasteiger partial charge in [0.05, 0.1) is 22.8 Å². The number of ether oxygens (including phenoxy) is 1. The van der Waals surface area contributed by atoms with Crippen molar-refractivity contribution < 1.29 is 9.53 Å². The summed E-state index contributed by atoms with van der Waals surface area (Å²) < 4.78 is 7.22. The number of nitrogens with zero attached hydrogens (tertiary/aromatic N) is 3. The van der Waals surface area contributed by atoms with Crippen LogP contribution in [0.4, 0.5) is 5.82 Å². The molecule has 2 heterocycles. The van der Waals surface area contributed by atoms with E-state index >= 15 is 0 Å². The number of nitrogen functional groups attached to an aromatic ring is 1. The van der Waals surface area contributed by atoms with Crippen LogP contribution >= 0.6 is 11.6 Å². The Balaban J connectivity index is 2.04. The van der Waals surface area contributed by atoms with E-state index in [1.807, 2.05) is 50.2 Å². The van der Waals surface area contributed by atoms with E-state index in [-0.39, 0.29) is 17.5 Å². The average molecular weight is 395 g/mol. The number of nitrogens with two attached hydrogens (primary N) is 1. The molecule has 0 saturated heterocycles. The lowest BCUT2D eigenvalue weighted by molar-refractivity contribution is 0.0338. The van der Waals surface area contributed by atoms with E-state index in [0.717, 1.165) is 0 Å². The quantitative estimate of drug-likeness (QED) is 0.504. The van der Waals surface area contributed by atoms with E-state index in [4.69, 9.17) is 27.1 Å². The summed E-state index contributed by atoms with van der Waals surface area (Å²) in [6.07, 6.45) is 0.470. The zero-order valence-corrected chi connectivity index (χ0v) is 16.3. The Kier molecular flexibility index (Phi) is 4.65. The van der Waals surface area contributed by atoms with Gasteiger partial charge in [-0.15, -0.1) is 0 Å². The minimum absolute atomic E-state index is 0.216. The molecule has 0 aliphatic rings. The number of anilines is 1. The minimum atomic E-state index is -0.512. The van der Waals surface area contributed by atoms with Crippen molar-refractivity contribution in [3.8, 4) is 5.69 Å². The van der Waals surface area contributed by atoms with Crippen molar-refractivity contribution in [3.05, 3.63) is 59.1 Å². The molecule has 0 aliphatic heterocycles. The zero-order chi connectivity index (χ0) is 19.8. The summed E-state index contributed by atoms with van der Waals surface area (Å²) in [6.45, 7) is 3.79. The highest BCUT2D eigenvalue weighted by Gasteiger charge is 2.26. The topological polar surface area (TPSA) is 83.0 Å². The van der Waals surface area contributed by atoms with E-state index in [9.17, 15) is 4.79 Å². The van der Waals surface area contributed by atoms with Crippen molar-refractivity contribution in [2.45, 2.75) is 26.4 Å². The first-order chi connectivity index (χ1) is 13.5. The van der Waals surface area contributed by atoms with Gasteiger partial charge >= 0.3 is 5.97 Å². The Morgan fingerprint density at radius 1 is 1.18 bits per heavy atom. The monoisotopic (exact) mass is 394 g/mol. The van der Waals surface area contributed by atoms with E-state index in [0.29, 0.717) is 39.3 Å². The summed E-state index contributed by atoms with van der Waals surface area (Å²) in [6, 6.07) is 14.7. The van der Waals surface area contributed by atoms with Crippen LogP contribution in [0.5, 0.6) is 0 Å². The molecule has 1 atom stereocenters. The van der Waals surface area contributed by atoms with E-state index in [1.165, 1.54) is 0 Å². The molecule has 142 valence electrons. The smallest absolute Gasteiger partial charge is 0.344 e. The molecule has 4 rings (SSSR count). The first-order valence-electron chi connectivity index (χ1n) is 9.03. The summed E-state index contributed by atoms with van der Waals surface area (Å²) in [5.74, 6) is -0.289. The standard InChI is InChI=1S/C21H19ClN4O2/c1-3-12(2)28-21(27)17-18-20(25-16-10-5-4-9-15(16)24-18)26(19(17)23)14-8-6-7-13(22)11-14/h4-12H,3,23H2,1-2H3. The van der Waals surface area contributed by atoms with Gasteiger partial charge in [-0.3, -0.25) is 4.57 Å². The summed E-state index contributed by atoms with van der Waals surface area (Å²) in [4.78, 5) is 22.3. The Labute approximate surface area is 166 Å². The molecule has 0 bridgehead atoms. The molecule has 1 unspecified atom stereocenters. The van der Waals surface area contributed by atoms with Gasteiger partial charge in [0.25, 0.3) is 0 Å². The predicted octanol–water partition coefficient (Wildman–Crippen LogP) is 4.76. The number of benzene rings is 2. The molecular weight excluding hydrogens is 376 g/mol. The van der Waals surface area contributed by atoms with Gasteiger partial charge < -0.3 is 10.5 Å². The van der Waals surface area contributed by atoms with Crippen LogP contribution in [0.1, 0.15) is 30.6 Å². The molecule has 6 nitrogen and oxygen atoms in total. The van der Waals surface area contributed by atoms with Gasteiger partial charge in [0.1, 0.15) is 16.9 Å². The highest BCUT2D eigenvalue weighted by atomic mass is 35.5. The van der Waals surface area contributed by atoms with Gasteiger partial charge in [0.15, 0.2) is 5.65 Å². The van der Waals surface area contributed by atoms with E-state index in [1.54, 1.807) is 16.7 Å². The minimum Gasteiger partial charge on any atom is -0.459 e. The lowest BCUT2D eigenvalue weighted by Gasteiger charge is -2.11. The van der Waals surface area contributed by atoms with Crippen molar-refractivity contribution in [1.82, 2.24) is 14.5 Å². The summed E-state index contributed by atoms with van der Waals surface area (Å²) in [7, 11) is 0. The van der Waals surface area contributed by atoms with E-state index in [2.05, 4.69) is 4.98 Å². The maximum atomic E-state index is 12.9. The molecule has 2 aromatic carbocycles. The van der Waals surface area contributed by atoms with Crippen LogP contribution in [0.3, 0.4) is 0 Å². The molecule has 2 N–H and O–H groups in total. The molecule has 7 heteroatoms. The number of halogens is 1. The lowest BCUT2D eigenvalue weighted by Crippen LogP contribution is -2.15. The Morgan fingerprint density at radius 2 is 1.89 bits per heavy atom. The summed E-state index contributed by atoms with van der Waals surface area (Å²) in [5.41, 5.74) is 9.60. The molecule has 2 aromatic heterocycles. The zero-order valence-electron chi connectivity index (χ0n) is 15.5. The van der Waals surface area contributed by atoms with Gasteiger partial charge in [-0.2, -0.15) is 0 Å². The molecular formula is C21H19ClN4O2. The number of hydrogen-bond donors (Lipinski definition) is 1. The Bertz CT molecular complexity index is 1200. The van der Waals surface area contributed by atoms with Crippen LogP contribution in [0, 0.1) is 0 Å². The number of aromatic nitrogens is 3. The third kappa shape index (κ3) is 3.05. The number of esters is 1. The van der Waals surface area contributed by atoms with Crippen LogP contribution in [0.15, 0.2) is 48.5 Å². The number of rotatable bonds is 4. The first kappa shape index (κ1) is 18.3. The third-order valence-corrected chi connectivity index (χ3v) is 4.89. The van der Waals surface area contributed by atoms with E-state index < -0.39 is 5.97 Å². The molecule has 28 heavy (non-hydrogen) atoms. The molecule has 0 amide bonds. The van der Waals surface area contributed by atoms with Crippen molar-refractivity contribution in [1.29, 1.82) is 0 Å². The maximum Gasteiger partial charge on any atom is 0.344 e. The predicted molar refractivity (Wildman–Crippen MR) is 111 cm³/mol. The number of carbonyl (C=O) groups is 1. The third-order valence-electron chi connectivity index (χ3n) is 4.65. The van der Waals surface area contributed by atoms with Gasteiger partial charge in [0, 0.05) is 5.02 Å². The first-order valence-corrected chi connectivity index (χ1v) is 9.41. The van der Waals surface area contributed by atoms with Gasteiger partial charge in [0.2, 0.25) is 0 Å². The van der Waals surface area contributed by atoms with Gasteiger partial charge in [-0.1, -0.05) is 36.7 Å². The highest BCUT2D eigenvalue weighted by molar-refractivity contribution is 6.30. The average Bonchev–Trinajstić information content (AvgIpc) is 2.96. The molecule has 0 radical (unpaired) electrons. The van der Waals surface area contributed by atoms with Crippen LogP contribution in [-0.2, 0) is 4.74 Å². The molecule has 0 aliphatic carbocycles. The van der Waals surface area contributed by atoms with Crippen LogP contribution < -0.4 is 5.73 Å². The fourth-order valence-electron chi connectivity index (χ4n) is 3.06. The largest absolute Gasteiger partial charge is 0.459 e. The number of hydrogen-bond acceptors (Lipinski definition) is 5. The van der Waals surface area contributed by atoms with Crippen molar-refractivity contribution >= 4 is 45.6 Å². The number of para-hydroxylation sites is 2. The second-order valence-corrected chi connectivity index (χ2v) is 7.02. The van der Waals surface area contributed by atoms with Crippen molar-refractivity contribution in [2.75, 3.05) is 5.73 Å². The molecule has 0 saturated carbocycles. The van der Waals surface area contributed by atoms with Crippen LogP contribution in [-0.4, -0.2) is 26.6 Å². The molecule has 4 aromatic rings.